The van der Waals surface area contributed by atoms with Gasteiger partial charge >= 0.3 is 0 Å². The van der Waals surface area contributed by atoms with Gasteiger partial charge in [0, 0.05) is 12.1 Å². The normalized spacial score (nSPS) is 13.1. The van der Waals surface area contributed by atoms with Gasteiger partial charge in [0.15, 0.2) is 18.2 Å². The number of fused-ring (bicyclic) bond motifs is 1. The fourth-order valence-corrected chi connectivity index (χ4v) is 3.00. The summed E-state index contributed by atoms with van der Waals surface area (Å²) in [5, 5.41) is 2.82. The number of amides is 2. The number of ether oxygens (including phenoxy) is 1. The van der Waals surface area contributed by atoms with Crippen LogP contribution in [0.2, 0.25) is 0 Å². The third-order valence-electron chi connectivity index (χ3n) is 4.57. The van der Waals surface area contributed by atoms with Gasteiger partial charge in [-0.2, -0.15) is 0 Å². The fourth-order valence-electron chi connectivity index (χ4n) is 3.00. The number of carbonyl (C=O) groups excluding carboxylic acids is 3. The summed E-state index contributed by atoms with van der Waals surface area (Å²) >= 11 is 0. The van der Waals surface area contributed by atoms with Crippen molar-refractivity contribution in [2.75, 3.05) is 18.1 Å². The molecule has 1 aromatic carbocycles. The molecule has 0 fully saturated rings. The molecule has 0 spiro atoms. The first-order valence-corrected chi connectivity index (χ1v) is 9.44. The molecule has 7 heteroatoms. The van der Waals surface area contributed by atoms with Gasteiger partial charge < -0.3 is 14.5 Å². The molecule has 1 aromatic heterocycles. The van der Waals surface area contributed by atoms with Crippen molar-refractivity contribution in [1.82, 2.24) is 5.32 Å². The van der Waals surface area contributed by atoms with Crippen molar-refractivity contribution in [1.29, 1.82) is 0 Å². The van der Waals surface area contributed by atoms with Crippen molar-refractivity contribution in [3.63, 3.8) is 0 Å². The number of nitrogens with one attached hydrogen (secondary N) is 1. The Morgan fingerprint density at radius 2 is 2.00 bits per heavy atom. The van der Waals surface area contributed by atoms with Crippen molar-refractivity contribution in [2.45, 2.75) is 39.7 Å². The highest BCUT2D eigenvalue weighted by Gasteiger charge is 2.27. The van der Waals surface area contributed by atoms with Crippen molar-refractivity contribution < 1.29 is 23.5 Å². The molecule has 0 radical (unpaired) electrons. The molecule has 148 valence electrons. The van der Waals surface area contributed by atoms with Crippen LogP contribution in [0.4, 0.5) is 5.69 Å². The molecule has 1 aliphatic rings. The third-order valence-corrected chi connectivity index (χ3v) is 4.57. The summed E-state index contributed by atoms with van der Waals surface area (Å²) in [4.78, 5) is 37.7. The van der Waals surface area contributed by atoms with Crippen molar-refractivity contribution >= 4 is 23.3 Å². The van der Waals surface area contributed by atoms with E-state index < -0.39 is 0 Å². The second kappa shape index (κ2) is 8.73. The van der Waals surface area contributed by atoms with E-state index in [2.05, 4.69) is 12.2 Å². The van der Waals surface area contributed by atoms with Crippen LogP contribution in [0, 0.1) is 0 Å². The van der Waals surface area contributed by atoms with Crippen LogP contribution in [-0.2, 0) is 11.3 Å². The zero-order valence-electron chi connectivity index (χ0n) is 16.1. The fraction of sp³-hybridized carbons (Fsp3) is 0.381. The van der Waals surface area contributed by atoms with E-state index >= 15 is 0 Å². The minimum Gasteiger partial charge on any atom is -0.482 e. The molecule has 0 aliphatic carbocycles. The minimum atomic E-state index is -0.269. The van der Waals surface area contributed by atoms with E-state index in [9.17, 15) is 14.4 Å². The molecule has 2 aromatic rings. The van der Waals surface area contributed by atoms with E-state index in [4.69, 9.17) is 9.15 Å². The molecule has 0 unspecified atom stereocenters. The van der Waals surface area contributed by atoms with Crippen LogP contribution in [-0.4, -0.2) is 30.7 Å². The number of Topliss-reactive ketones (excluding diaryl/α,β-unsaturated/α-hetero) is 1. The summed E-state index contributed by atoms with van der Waals surface area (Å²) in [6.45, 7) is 4.24. The first kappa shape index (κ1) is 19.7. The lowest BCUT2D eigenvalue weighted by Gasteiger charge is -2.29. The SMILES string of the molecule is CCCCCNC(=O)c1ccc(CN2C(=O)COc3ccc(C(C)=O)cc32)o1. The molecule has 0 saturated heterocycles. The molecule has 28 heavy (non-hydrogen) atoms. The Labute approximate surface area is 163 Å². The maximum Gasteiger partial charge on any atom is 0.286 e. The van der Waals surface area contributed by atoms with Crippen molar-refractivity contribution in [2.24, 2.45) is 0 Å². The number of furan rings is 1. The predicted octanol–water partition coefficient (Wildman–Crippen LogP) is 3.33. The van der Waals surface area contributed by atoms with E-state index in [1.807, 2.05) is 0 Å². The Morgan fingerprint density at radius 3 is 2.75 bits per heavy atom. The summed E-state index contributed by atoms with van der Waals surface area (Å²) in [6.07, 6.45) is 3.07. The highest BCUT2D eigenvalue weighted by atomic mass is 16.5. The molecular weight excluding hydrogens is 360 g/mol. The summed E-state index contributed by atoms with van der Waals surface area (Å²) in [5.74, 6) is 0.619. The first-order valence-electron chi connectivity index (χ1n) is 9.44. The van der Waals surface area contributed by atoms with Crippen LogP contribution in [0.15, 0.2) is 34.7 Å². The van der Waals surface area contributed by atoms with Gasteiger partial charge in [0.25, 0.3) is 11.8 Å². The molecular formula is C21H24N2O5. The molecule has 0 saturated carbocycles. The average molecular weight is 384 g/mol. The molecule has 1 aliphatic heterocycles. The van der Waals surface area contributed by atoms with Crippen molar-refractivity contribution in [3.8, 4) is 5.75 Å². The number of hydrogen-bond donors (Lipinski definition) is 1. The van der Waals surface area contributed by atoms with Gasteiger partial charge in [0.05, 0.1) is 12.2 Å². The van der Waals surface area contributed by atoms with Gasteiger partial charge in [-0.25, -0.2) is 0 Å². The maximum absolute atomic E-state index is 12.4. The lowest BCUT2D eigenvalue weighted by atomic mass is 10.1. The van der Waals surface area contributed by atoms with Crippen LogP contribution >= 0.6 is 0 Å². The quantitative estimate of drug-likeness (QED) is 0.557. The zero-order chi connectivity index (χ0) is 20.1. The third kappa shape index (κ3) is 4.42. The van der Waals surface area contributed by atoms with Crippen LogP contribution in [0.25, 0.3) is 0 Å². The predicted molar refractivity (Wildman–Crippen MR) is 104 cm³/mol. The number of rotatable bonds is 8. The Morgan fingerprint density at radius 1 is 1.18 bits per heavy atom. The van der Waals surface area contributed by atoms with Gasteiger partial charge in [-0.05, 0) is 43.7 Å². The van der Waals surface area contributed by atoms with E-state index in [0.29, 0.717) is 29.3 Å². The zero-order valence-corrected chi connectivity index (χ0v) is 16.1. The van der Waals surface area contributed by atoms with Crippen molar-refractivity contribution in [3.05, 3.63) is 47.4 Å². The van der Waals surface area contributed by atoms with Crippen LogP contribution in [0.5, 0.6) is 5.75 Å². The van der Waals surface area contributed by atoms with Crippen LogP contribution in [0.1, 0.15) is 59.8 Å². The van der Waals surface area contributed by atoms with Gasteiger partial charge in [0.1, 0.15) is 11.5 Å². The van der Waals surface area contributed by atoms with Gasteiger partial charge in [-0.15, -0.1) is 0 Å². The second-order valence-corrected chi connectivity index (χ2v) is 6.74. The van der Waals surface area contributed by atoms with E-state index in [0.717, 1.165) is 19.3 Å². The topological polar surface area (TPSA) is 88.9 Å². The minimum absolute atomic E-state index is 0.0854. The molecule has 3 rings (SSSR count). The summed E-state index contributed by atoms with van der Waals surface area (Å²) < 4.78 is 11.1. The molecule has 2 amide bonds. The number of carbonyl (C=O) groups is 3. The number of benzene rings is 1. The first-order chi connectivity index (χ1) is 13.5. The summed E-state index contributed by atoms with van der Waals surface area (Å²) in [6, 6.07) is 8.27. The van der Waals surface area contributed by atoms with Crippen LogP contribution < -0.4 is 15.0 Å². The highest BCUT2D eigenvalue weighted by molar-refractivity contribution is 6.01. The average Bonchev–Trinajstić information content (AvgIpc) is 3.15. The highest BCUT2D eigenvalue weighted by Crippen LogP contribution is 2.34. The number of ketones is 1. The number of nitrogens with zero attached hydrogens (tertiary/aromatic N) is 1. The molecule has 7 nitrogen and oxygen atoms in total. The lowest BCUT2D eigenvalue weighted by Crippen LogP contribution is -2.38. The monoisotopic (exact) mass is 384 g/mol. The van der Waals surface area contributed by atoms with Crippen LogP contribution in [0.3, 0.4) is 0 Å². The van der Waals surface area contributed by atoms with E-state index in [1.165, 1.54) is 11.8 Å². The lowest BCUT2D eigenvalue weighted by molar-refractivity contribution is -0.121. The van der Waals surface area contributed by atoms with Gasteiger partial charge in [0.2, 0.25) is 0 Å². The van der Waals surface area contributed by atoms with Gasteiger partial charge in [-0.1, -0.05) is 19.8 Å². The smallest absolute Gasteiger partial charge is 0.286 e. The van der Waals surface area contributed by atoms with E-state index in [1.54, 1.807) is 30.3 Å². The second-order valence-electron chi connectivity index (χ2n) is 6.74. The number of anilines is 1. The Balaban J connectivity index is 1.73. The van der Waals surface area contributed by atoms with Gasteiger partial charge in [-0.3, -0.25) is 19.3 Å². The molecule has 0 atom stereocenters. The Kier molecular flexibility index (Phi) is 6.13. The largest absolute Gasteiger partial charge is 0.482 e. The number of hydrogen-bond acceptors (Lipinski definition) is 5. The standard InChI is InChI=1S/C21H24N2O5/c1-3-4-5-10-22-21(26)19-9-7-16(28-19)12-23-17-11-15(14(2)24)6-8-18(17)27-13-20(23)25/h6-9,11H,3-5,10,12-13H2,1-2H3,(H,22,26). The van der Waals surface area contributed by atoms with E-state index in [-0.39, 0.29) is 36.5 Å². The summed E-state index contributed by atoms with van der Waals surface area (Å²) in [5.41, 5.74) is 1.01. The molecule has 1 N–H and O–H groups in total. The molecule has 0 bridgehead atoms. The number of unbranched alkanes of at least 4 members (excludes halogenated alkanes) is 2. The molecule has 2 heterocycles. The Bertz CT molecular complexity index is 887. The maximum atomic E-state index is 12.4. The summed E-state index contributed by atoms with van der Waals surface area (Å²) in [7, 11) is 0. The Hall–Kier alpha value is -3.09.